The van der Waals surface area contributed by atoms with Crippen molar-refractivity contribution in [3.05, 3.63) is 64.9 Å². The number of nitrogens with zero attached hydrogens (tertiary/aromatic N) is 2. The average Bonchev–Trinajstić information content (AvgIpc) is 3.16. The summed E-state index contributed by atoms with van der Waals surface area (Å²) in [5.74, 6) is -0.336. The topological polar surface area (TPSA) is 98.0 Å². The second kappa shape index (κ2) is 8.44. The predicted molar refractivity (Wildman–Crippen MR) is 108 cm³/mol. The number of hydrogen-bond donors (Lipinski definition) is 2. The minimum Gasteiger partial charge on any atom is -0.301 e. The van der Waals surface area contributed by atoms with Crippen molar-refractivity contribution in [3.63, 3.8) is 0 Å². The van der Waals surface area contributed by atoms with E-state index in [-0.39, 0.29) is 22.8 Å². The Morgan fingerprint density at radius 3 is 2.61 bits per heavy atom. The fourth-order valence-corrected chi connectivity index (χ4v) is 4.33. The molecule has 0 radical (unpaired) electrons. The smallest absolute Gasteiger partial charge is 0.238 e. The molecule has 2 aromatic carbocycles. The molecule has 0 aliphatic heterocycles. The minimum atomic E-state index is -3.76. The van der Waals surface area contributed by atoms with Gasteiger partial charge in [-0.15, -0.1) is 10.2 Å². The molecule has 0 bridgehead atoms. The van der Waals surface area contributed by atoms with Crippen molar-refractivity contribution in [1.29, 1.82) is 0 Å². The SMILES string of the molecule is CC[C@@H](N[C@H](C)c1nnc(-c2ccccc2F)s1)c1cccc(S(N)(=O)=O)c1. The molecule has 148 valence electrons. The third-order valence-corrected chi connectivity index (χ3v) is 6.41. The molecule has 0 unspecified atom stereocenters. The zero-order chi connectivity index (χ0) is 20.3. The first-order valence-electron chi connectivity index (χ1n) is 8.76. The second-order valence-corrected chi connectivity index (χ2v) is 8.96. The third kappa shape index (κ3) is 4.61. The molecule has 1 heterocycles. The number of nitrogens with two attached hydrogens (primary N) is 1. The van der Waals surface area contributed by atoms with Gasteiger partial charge in [-0.1, -0.05) is 42.5 Å². The number of aromatic nitrogens is 2. The van der Waals surface area contributed by atoms with Crippen LogP contribution in [0.15, 0.2) is 53.4 Å². The molecule has 0 amide bonds. The van der Waals surface area contributed by atoms with Crippen LogP contribution in [0.3, 0.4) is 0 Å². The summed E-state index contributed by atoms with van der Waals surface area (Å²) in [6, 6.07) is 12.8. The van der Waals surface area contributed by atoms with Gasteiger partial charge in [0.2, 0.25) is 10.0 Å². The highest BCUT2D eigenvalue weighted by atomic mass is 32.2. The van der Waals surface area contributed by atoms with Crippen molar-refractivity contribution in [2.24, 2.45) is 5.14 Å². The molecule has 3 aromatic rings. The fraction of sp³-hybridized carbons (Fsp3) is 0.263. The van der Waals surface area contributed by atoms with Gasteiger partial charge in [0.05, 0.1) is 10.9 Å². The lowest BCUT2D eigenvalue weighted by molar-refractivity contribution is 0.453. The molecule has 3 N–H and O–H groups in total. The summed E-state index contributed by atoms with van der Waals surface area (Å²) in [4.78, 5) is 0.0793. The van der Waals surface area contributed by atoms with E-state index in [1.807, 2.05) is 19.9 Å². The second-order valence-electron chi connectivity index (χ2n) is 6.39. The highest BCUT2D eigenvalue weighted by Crippen LogP contribution is 2.30. The number of sulfonamides is 1. The Labute approximate surface area is 167 Å². The number of nitrogens with one attached hydrogen (secondary N) is 1. The molecule has 0 saturated heterocycles. The Morgan fingerprint density at radius 2 is 1.93 bits per heavy atom. The Bertz CT molecular complexity index is 1070. The van der Waals surface area contributed by atoms with Gasteiger partial charge in [-0.2, -0.15) is 0 Å². The van der Waals surface area contributed by atoms with Crippen molar-refractivity contribution in [2.45, 2.75) is 37.2 Å². The van der Waals surface area contributed by atoms with Gasteiger partial charge in [0.1, 0.15) is 10.8 Å². The molecule has 0 saturated carbocycles. The zero-order valence-corrected chi connectivity index (χ0v) is 17.1. The summed E-state index contributed by atoms with van der Waals surface area (Å²) in [5, 5.41) is 18.2. The maximum atomic E-state index is 14.0. The number of rotatable bonds is 7. The summed E-state index contributed by atoms with van der Waals surface area (Å²) < 4.78 is 37.2. The summed E-state index contributed by atoms with van der Waals surface area (Å²) in [5.41, 5.74) is 1.24. The lowest BCUT2D eigenvalue weighted by atomic mass is 10.0. The predicted octanol–water partition coefficient (Wildman–Crippen LogP) is 3.79. The van der Waals surface area contributed by atoms with Crippen LogP contribution in [0.5, 0.6) is 0 Å². The maximum Gasteiger partial charge on any atom is 0.238 e. The molecular formula is C19H21FN4O2S2. The van der Waals surface area contributed by atoms with Crippen LogP contribution in [0.4, 0.5) is 4.39 Å². The number of primary sulfonamides is 1. The van der Waals surface area contributed by atoms with E-state index in [1.165, 1.54) is 23.5 Å². The van der Waals surface area contributed by atoms with Crippen LogP contribution in [0.25, 0.3) is 10.6 Å². The van der Waals surface area contributed by atoms with E-state index in [4.69, 9.17) is 5.14 Å². The standard InChI is InChI=1S/C19H21FN4O2S2/c1-3-17(13-7-6-8-14(11-13)28(21,25)26)22-12(2)18-23-24-19(27-18)15-9-4-5-10-16(15)20/h4-12,17,22H,3H2,1-2H3,(H2,21,25,26)/t12-,17-/m1/s1. The van der Waals surface area contributed by atoms with Crippen molar-refractivity contribution in [2.75, 3.05) is 0 Å². The quantitative estimate of drug-likeness (QED) is 0.606. The summed E-state index contributed by atoms with van der Waals surface area (Å²) in [6.45, 7) is 3.94. The minimum absolute atomic E-state index is 0.0793. The Balaban J connectivity index is 1.80. The van der Waals surface area contributed by atoms with Crippen LogP contribution in [0.2, 0.25) is 0 Å². The first-order chi connectivity index (χ1) is 13.3. The molecular weight excluding hydrogens is 399 g/mol. The van der Waals surface area contributed by atoms with Gasteiger partial charge in [-0.3, -0.25) is 0 Å². The summed E-state index contributed by atoms with van der Waals surface area (Å²) >= 11 is 1.32. The van der Waals surface area contributed by atoms with Crippen LogP contribution in [-0.2, 0) is 10.0 Å². The van der Waals surface area contributed by atoms with Gasteiger partial charge < -0.3 is 5.32 Å². The van der Waals surface area contributed by atoms with Crippen molar-refractivity contribution in [1.82, 2.24) is 15.5 Å². The molecule has 28 heavy (non-hydrogen) atoms. The van der Waals surface area contributed by atoms with Crippen LogP contribution >= 0.6 is 11.3 Å². The average molecular weight is 421 g/mol. The third-order valence-electron chi connectivity index (χ3n) is 4.36. The Hall–Kier alpha value is -2.20. The summed E-state index contributed by atoms with van der Waals surface area (Å²) in [7, 11) is -3.76. The van der Waals surface area contributed by atoms with E-state index in [0.29, 0.717) is 10.6 Å². The first kappa shape index (κ1) is 20.5. The highest BCUT2D eigenvalue weighted by Gasteiger charge is 2.20. The van der Waals surface area contributed by atoms with Gasteiger partial charge in [0.15, 0.2) is 5.01 Å². The molecule has 0 fully saturated rings. The first-order valence-corrected chi connectivity index (χ1v) is 11.1. The Kier molecular flexibility index (Phi) is 6.19. The molecule has 1 aromatic heterocycles. The van der Waals surface area contributed by atoms with Crippen molar-refractivity contribution < 1.29 is 12.8 Å². The molecule has 0 aliphatic carbocycles. The molecule has 2 atom stereocenters. The van der Waals surface area contributed by atoms with Gasteiger partial charge in [-0.25, -0.2) is 17.9 Å². The van der Waals surface area contributed by atoms with Crippen LogP contribution in [0, 0.1) is 5.82 Å². The molecule has 3 rings (SSSR count). The number of benzene rings is 2. The van der Waals surface area contributed by atoms with E-state index < -0.39 is 10.0 Å². The molecule has 9 heteroatoms. The van der Waals surface area contributed by atoms with Gasteiger partial charge >= 0.3 is 0 Å². The molecule has 0 spiro atoms. The van der Waals surface area contributed by atoms with Crippen LogP contribution in [0.1, 0.15) is 42.9 Å². The summed E-state index contributed by atoms with van der Waals surface area (Å²) in [6.07, 6.45) is 0.734. The van der Waals surface area contributed by atoms with Gasteiger partial charge in [-0.05, 0) is 43.2 Å². The number of hydrogen-bond acceptors (Lipinski definition) is 6. The Morgan fingerprint density at radius 1 is 1.18 bits per heavy atom. The zero-order valence-electron chi connectivity index (χ0n) is 15.5. The van der Waals surface area contributed by atoms with Gasteiger partial charge in [0, 0.05) is 11.6 Å². The largest absolute Gasteiger partial charge is 0.301 e. The van der Waals surface area contributed by atoms with Crippen LogP contribution < -0.4 is 10.5 Å². The van der Waals surface area contributed by atoms with Crippen molar-refractivity contribution in [3.8, 4) is 10.6 Å². The highest BCUT2D eigenvalue weighted by molar-refractivity contribution is 7.89. The lowest BCUT2D eigenvalue weighted by Gasteiger charge is -2.21. The molecule has 0 aliphatic rings. The molecule has 6 nitrogen and oxygen atoms in total. The van der Waals surface area contributed by atoms with E-state index in [0.717, 1.165) is 17.0 Å². The van der Waals surface area contributed by atoms with E-state index in [9.17, 15) is 12.8 Å². The van der Waals surface area contributed by atoms with Crippen LogP contribution in [-0.4, -0.2) is 18.6 Å². The van der Waals surface area contributed by atoms with E-state index in [1.54, 1.807) is 30.3 Å². The van der Waals surface area contributed by atoms with E-state index >= 15 is 0 Å². The fourth-order valence-electron chi connectivity index (χ4n) is 2.88. The van der Waals surface area contributed by atoms with Gasteiger partial charge in [0.25, 0.3) is 0 Å². The van der Waals surface area contributed by atoms with E-state index in [2.05, 4.69) is 15.5 Å². The number of halogens is 1. The lowest BCUT2D eigenvalue weighted by Crippen LogP contribution is -2.24. The van der Waals surface area contributed by atoms with Crippen molar-refractivity contribution >= 4 is 21.4 Å². The maximum absolute atomic E-state index is 14.0. The normalized spacial score (nSPS) is 14.0. The monoisotopic (exact) mass is 420 g/mol.